The Balaban J connectivity index is 2.48. The maximum atomic E-state index is 8.97. The zero-order valence-electron chi connectivity index (χ0n) is 11.8. The Bertz CT molecular complexity index is 674. The summed E-state index contributed by atoms with van der Waals surface area (Å²) in [4.78, 5) is 0. The number of anilines is 1. The van der Waals surface area contributed by atoms with Gasteiger partial charge in [-0.3, -0.25) is 0 Å². The first-order valence-corrected chi connectivity index (χ1v) is 7.14. The maximum Gasteiger partial charge on any atom is 0.141 e. The summed E-state index contributed by atoms with van der Waals surface area (Å²) >= 11 is 3.51. The zero-order valence-corrected chi connectivity index (χ0v) is 13.4. The molecule has 0 spiro atoms. The SMILES string of the molecule is CC(C)(C)Cc1nn(-c2cccc(C#N)c2)c(N)c1Br. The van der Waals surface area contributed by atoms with Gasteiger partial charge >= 0.3 is 0 Å². The first-order valence-electron chi connectivity index (χ1n) is 6.35. The predicted molar refractivity (Wildman–Crippen MR) is 83.6 cm³/mol. The summed E-state index contributed by atoms with van der Waals surface area (Å²) in [7, 11) is 0. The fourth-order valence-corrected chi connectivity index (χ4v) is 2.37. The van der Waals surface area contributed by atoms with Crippen molar-refractivity contribution in [3.8, 4) is 11.8 Å². The molecule has 20 heavy (non-hydrogen) atoms. The second-order valence-electron chi connectivity index (χ2n) is 5.96. The molecule has 2 aromatic rings. The van der Waals surface area contributed by atoms with Gasteiger partial charge in [-0.25, -0.2) is 4.68 Å². The van der Waals surface area contributed by atoms with Crippen LogP contribution in [0.3, 0.4) is 0 Å². The second-order valence-corrected chi connectivity index (χ2v) is 6.75. The van der Waals surface area contributed by atoms with Gasteiger partial charge in [0.05, 0.1) is 27.5 Å². The van der Waals surface area contributed by atoms with E-state index in [1.54, 1.807) is 16.8 Å². The number of nitrogen functional groups attached to an aromatic ring is 1. The molecule has 1 heterocycles. The molecule has 0 radical (unpaired) electrons. The van der Waals surface area contributed by atoms with Crippen LogP contribution >= 0.6 is 15.9 Å². The summed E-state index contributed by atoms with van der Waals surface area (Å²) in [6, 6.07) is 9.37. The number of hydrogen-bond donors (Lipinski definition) is 1. The second kappa shape index (κ2) is 5.29. The van der Waals surface area contributed by atoms with Gasteiger partial charge in [-0.1, -0.05) is 26.8 Å². The largest absolute Gasteiger partial charge is 0.383 e. The van der Waals surface area contributed by atoms with Gasteiger partial charge in [-0.2, -0.15) is 10.4 Å². The van der Waals surface area contributed by atoms with Gasteiger partial charge in [0.1, 0.15) is 5.82 Å². The number of nitriles is 1. The minimum Gasteiger partial charge on any atom is -0.383 e. The Labute approximate surface area is 127 Å². The van der Waals surface area contributed by atoms with E-state index in [4.69, 9.17) is 11.0 Å². The van der Waals surface area contributed by atoms with Crippen LogP contribution in [0.1, 0.15) is 32.0 Å². The lowest BCUT2D eigenvalue weighted by atomic mass is 9.91. The molecule has 5 heteroatoms. The highest BCUT2D eigenvalue weighted by atomic mass is 79.9. The molecule has 1 aromatic heterocycles. The summed E-state index contributed by atoms with van der Waals surface area (Å²) in [5.74, 6) is 0.555. The molecule has 1 aromatic carbocycles. The molecular formula is C15H17BrN4. The molecule has 0 aliphatic carbocycles. The van der Waals surface area contributed by atoms with Crippen LogP contribution in [0.4, 0.5) is 5.82 Å². The lowest BCUT2D eigenvalue weighted by Crippen LogP contribution is -2.10. The third-order valence-corrected chi connectivity index (χ3v) is 3.71. The van der Waals surface area contributed by atoms with Crippen molar-refractivity contribution < 1.29 is 0 Å². The minimum atomic E-state index is 0.128. The quantitative estimate of drug-likeness (QED) is 0.912. The molecular weight excluding hydrogens is 316 g/mol. The number of rotatable bonds is 2. The van der Waals surface area contributed by atoms with E-state index < -0.39 is 0 Å². The van der Waals surface area contributed by atoms with E-state index in [0.717, 1.165) is 22.3 Å². The molecule has 2 N–H and O–H groups in total. The topological polar surface area (TPSA) is 67.6 Å². The average Bonchev–Trinajstić information content (AvgIpc) is 2.65. The Morgan fingerprint density at radius 2 is 2.10 bits per heavy atom. The molecule has 0 atom stereocenters. The predicted octanol–water partition coefficient (Wildman–Crippen LogP) is 3.68. The molecule has 0 aliphatic rings. The number of hydrogen-bond acceptors (Lipinski definition) is 3. The van der Waals surface area contributed by atoms with E-state index >= 15 is 0 Å². The molecule has 0 saturated heterocycles. The van der Waals surface area contributed by atoms with Crippen molar-refractivity contribution in [3.05, 3.63) is 40.0 Å². The third-order valence-electron chi connectivity index (χ3n) is 2.84. The van der Waals surface area contributed by atoms with Crippen molar-refractivity contribution in [2.24, 2.45) is 5.41 Å². The molecule has 4 nitrogen and oxygen atoms in total. The molecule has 0 fully saturated rings. The van der Waals surface area contributed by atoms with Crippen LogP contribution in [-0.4, -0.2) is 9.78 Å². The summed E-state index contributed by atoms with van der Waals surface area (Å²) < 4.78 is 2.50. The van der Waals surface area contributed by atoms with Gasteiger partial charge in [-0.05, 0) is 46.0 Å². The van der Waals surface area contributed by atoms with Crippen molar-refractivity contribution >= 4 is 21.7 Å². The van der Waals surface area contributed by atoms with Gasteiger partial charge in [0.2, 0.25) is 0 Å². The highest BCUT2D eigenvalue weighted by molar-refractivity contribution is 9.10. The summed E-state index contributed by atoms with van der Waals surface area (Å²) in [6.45, 7) is 6.47. The van der Waals surface area contributed by atoms with E-state index in [9.17, 15) is 0 Å². The van der Waals surface area contributed by atoms with Crippen molar-refractivity contribution in [1.82, 2.24) is 9.78 Å². The minimum absolute atomic E-state index is 0.128. The smallest absolute Gasteiger partial charge is 0.141 e. The van der Waals surface area contributed by atoms with Gasteiger partial charge in [-0.15, -0.1) is 0 Å². The highest BCUT2D eigenvalue weighted by Crippen LogP contribution is 2.31. The molecule has 0 bridgehead atoms. The molecule has 0 saturated carbocycles. The lowest BCUT2D eigenvalue weighted by molar-refractivity contribution is 0.404. The fourth-order valence-electron chi connectivity index (χ4n) is 1.98. The Hall–Kier alpha value is -1.80. The number of benzene rings is 1. The number of nitrogens with zero attached hydrogens (tertiary/aromatic N) is 3. The van der Waals surface area contributed by atoms with E-state index in [1.165, 1.54) is 0 Å². The monoisotopic (exact) mass is 332 g/mol. The van der Waals surface area contributed by atoms with Crippen LogP contribution < -0.4 is 5.73 Å². The maximum absolute atomic E-state index is 8.97. The van der Waals surface area contributed by atoms with Crippen LogP contribution in [0.15, 0.2) is 28.7 Å². The first-order chi connectivity index (χ1) is 9.31. The zero-order chi connectivity index (χ0) is 14.9. The summed E-state index contributed by atoms with van der Waals surface area (Å²) in [5.41, 5.74) is 8.55. The number of nitrogens with two attached hydrogens (primary N) is 1. The number of aromatic nitrogens is 2. The first kappa shape index (κ1) is 14.6. The van der Waals surface area contributed by atoms with Crippen molar-refractivity contribution in [3.63, 3.8) is 0 Å². The lowest BCUT2D eigenvalue weighted by Gasteiger charge is -2.16. The van der Waals surface area contributed by atoms with Crippen molar-refractivity contribution in [2.75, 3.05) is 5.73 Å². The van der Waals surface area contributed by atoms with Crippen molar-refractivity contribution in [2.45, 2.75) is 27.2 Å². The van der Waals surface area contributed by atoms with Crippen LogP contribution in [0.5, 0.6) is 0 Å². The van der Waals surface area contributed by atoms with Crippen LogP contribution in [0.25, 0.3) is 5.69 Å². The Morgan fingerprint density at radius 3 is 2.70 bits per heavy atom. The molecule has 0 amide bonds. The molecule has 0 unspecified atom stereocenters. The molecule has 2 rings (SSSR count). The van der Waals surface area contributed by atoms with Gasteiger partial charge in [0, 0.05) is 0 Å². The molecule has 0 aliphatic heterocycles. The summed E-state index contributed by atoms with van der Waals surface area (Å²) in [5, 5.41) is 13.5. The normalized spacial score (nSPS) is 11.3. The fraction of sp³-hybridized carbons (Fsp3) is 0.333. The van der Waals surface area contributed by atoms with Crippen molar-refractivity contribution in [1.29, 1.82) is 5.26 Å². The van der Waals surface area contributed by atoms with Gasteiger partial charge in [0.15, 0.2) is 0 Å². The average molecular weight is 333 g/mol. The highest BCUT2D eigenvalue weighted by Gasteiger charge is 2.20. The number of halogens is 1. The van der Waals surface area contributed by atoms with E-state index in [1.807, 2.05) is 12.1 Å². The van der Waals surface area contributed by atoms with Gasteiger partial charge in [0.25, 0.3) is 0 Å². The van der Waals surface area contributed by atoms with E-state index in [-0.39, 0.29) is 5.41 Å². The van der Waals surface area contributed by atoms with E-state index in [0.29, 0.717) is 11.4 Å². The molecule has 104 valence electrons. The van der Waals surface area contributed by atoms with Crippen LogP contribution in [0, 0.1) is 16.7 Å². The Kier molecular flexibility index (Phi) is 3.87. The van der Waals surface area contributed by atoms with Crippen LogP contribution in [-0.2, 0) is 6.42 Å². The third kappa shape index (κ3) is 3.02. The Morgan fingerprint density at radius 1 is 1.40 bits per heavy atom. The van der Waals surface area contributed by atoms with Crippen LogP contribution in [0.2, 0.25) is 0 Å². The van der Waals surface area contributed by atoms with Gasteiger partial charge < -0.3 is 5.73 Å². The van der Waals surface area contributed by atoms with E-state index in [2.05, 4.69) is 47.9 Å². The standard InChI is InChI=1S/C15H17BrN4/c1-15(2,3)8-12-13(16)14(18)20(19-12)11-6-4-5-10(7-11)9-17/h4-7H,8,18H2,1-3H3. The summed E-state index contributed by atoms with van der Waals surface area (Å²) in [6.07, 6.45) is 0.822.